The molecule has 1 aliphatic heterocycles. The third kappa shape index (κ3) is 4.52. The van der Waals surface area contributed by atoms with Crippen molar-refractivity contribution in [3.05, 3.63) is 24.4 Å². The van der Waals surface area contributed by atoms with Crippen molar-refractivity contribution in [2.24, 2.45) is 0 Å². The van der Waals surface area contributed by atoms with Crippen LogP contribution in [0.1, 0.15) is 20.3 Å². The lowest BCUT2D eigenvalue weighted by Gasteiger charge is -2.18. The van der Waals surface area contributed by atoms with E-state index in [4.69, 9.17) is 14.2 Å². The van der Waals surface area contributed by atoms with Crippen molar-refractivity contribution in [1.29, 1.82) is 0 Å². The number of benzene rings is 1. The van der Waals surface area contributed by atoms with Crippen LogP contribution in [0.4, 0.5) is 5.69 Å². The van der Waals surface area contributed by atoms with Crippen LogP contribution in [0.2, 0.25) is 0 Å². The standard InChI is InChI=1S/C19H27N3O3/c1-3-23-18-10-15-16(22-13-14-12-20-7-5-9-25-14)6-8-21-17(15)11-19(18)24-4-2/h6,8,10-11,14,20H,3-5,7,9,12-13H2,1-2H3,(H,21,22). The van der Waals surface area contributed by atoms with Gasteiger partial charge in [0.25, 0.3) is 0 Å². The van der Waals surface area contributed by atoms with Crippen LogP contribution in [0.15, 0.2) is 24.4 Å². The summed E-state index contributed by atoms with van der Waals surface area (Å²) in [6.07, 6.45) is 3.04. The largest absolute Gasteiger partial charge is 0.490 e. The summed E-state index contributed by atoms with van der Waals surface area (Å²) in [5.74, 6) is 1.48. The van der Waals surface area contributed by atoms with Gasteiger partial charge in [-0.05, 0) is 38.9 Å². The Hall–Kier alpha value is -2.05. The second-order valence-electron chi connectivity index (χ2n) is 5.97. The van der Waals surface area contributed by atoms with Crippen LogP contribution in [0.5, 0.6) is 11.5 Å². The van der Waals surface area contributed by atoms with E-state index in [2.05, 4.69) is 15.6 Å². The highest BCUT2D eigenvalue weighted by molar-refractivity contribution is 5.93. The quantitative estimate of drug-likeness (QED) is 0.804. The second-order valence-corrected chi connectivity index (χ2v) is 5.97. The zero-order valence-electron chi connectivity index (χ0n) is 15.0. The molecule has 0 aliphatic carbocycles. The number of nitrogens with zero attached hydrogens (tertiary/aromatic N) is 1. The summed E-state index contributed by atoms with van der Waals surface area (Å²) in [4.78, 5) is 4.48. The number of pyridine rings is 1. The van der Waals surface area contributed by atoms with Gasteiger partial charge in [0.2, 0.25) is 0 Å². The summed E-state index contributed by atoms with van der Waals surface area (Å²) in [6.45, 7) is 8.57. The van der Waals surface area contributed by atoms with Crippen molar-refractivity contribution >= 4 is 16.6 Å². The minimum Gasteiger partial charge on any atom is -0.490 e. The maximum absolute atomic E-state index is 5.86. The first-order chi connectivity index (χ1) is 12.3. The third-order valence-corrected chi connectivity index (χ3v) is 4.15. The molecule has 6 nitrogen and oxygen atoms in total. The van der Waals surface area contributed by atoms with E-state index < -0.39 is 0 Å². The molecule has 0 radical (unpaired) electrons. The molecule has 136 valence electrons. The highest BCUT2D eigenvalue weighted by atomic mass is 16.5. The Morgan fingerprint density at radius 1 is 1.24 bits per heavy atom. The molecular formula is C19H27N3O3. The molecule has 1 saturated heterocycles. The molecule has 1 atom stereocenters. The number of ether oxygens (including phenoxy) is 3. The summed E-state index contributed by atoms with van der Waals surface area (Å²) in [7, 11) is 0. The first-order valence-corrected chi connectivity index (χ1v) is 9.06. The van der Waals surface area contributed by atoms with Gasteiger partial charge in [-0.3, -0.25) is 4.98 Å². The SMILES string of the molecule is CCOc1cc2nccc(NCC3CNCCCO3)c2cc1OCC. The molecular weight excluding hydrogens is 318 g/mol. The normalized spacial score (nSPS) is 17.9. The number of hydrogen-bond donors (Lipinski definition) is 2. The van der Waals surface area contributed by atoms with Crippen LogP contribution in [0.25, 0.3) is 10.9 Å². The number of anilines is 1. The van der Waals surface area contributed by atoms with Gasteiger partial charge in [0.05, 0.1) is 24.8 Å². The van der Waals surface area contributed by atoms with E-state index in [1.54, 1.807) is 0 Å². The molecule has 0 bridgehead atoms. The number of aromatic nitrogens is 1. The van der Waals surface area contributed by atoms with Gasteiger partial charge in [0.15, 0.2) is 11.5 Å². The Labute approximate surface area is 148 Å². The summed E-state index contributed by atoms with van der Waals surface area (Å²) in [5, 5.41) is 7.93. The first-order valence-electron chi connectivity index (χ1n) is 9.06. The number of nitrogens with one attached hydrogen (secondary N) is 2. The predicted molar refractivity (Wildman–Crippen MR) is 99.8 cm³/mol. The minimum atomic E-state index is 0.166. The monoisotopic (exact) mass is 345 g/mol. The van der Waals surface area contributed by atoms with Crippen LogP contribution in [0.3, 0.4) is 0 Å². The van der Waals surface area contributed by atoms with Crippen molar-refractivity contribution in [3.8, 4) is 11.5 Å². The predicted octanol–water partition coefficient (Wildman–Crippen LogP) is 2.82. The van der Waals surface area contributed by atoms with Gasteiger partial charge >= 0.3 is 0 Å². The fourth-order valence-corrected chi connectivity index (χ4v) is 2.97. The lowest BCUT2D eigenvalue weighted by Crippen LogP contribution is -2.32. The van der Waals surface area contributed by atoms with Gasteiger partial charge in [-0.1, -0.05) is 0 Å². The topological polar surface area (TPSA) is 64.6 Å². The highest BCUT2D eigenvalue weighted by Crippen LogP contribution is 2.34. The zero-order valence-corrected chi connectivity index (χ0v) is 15.0. The molecule has 0 amide bonds. The Morgan fingerprint density at radius 2 is 2.04 bits per heavy atom. The van der Waals surface area contributed by atoms with Crippen molar-refractivity contribution in [3.63, 3.8) is 0 Å². The Morgan fingerprint density at radius 3 is 2.84 bits per heavy atom. The summed E-state index contributed by atoms with van der Waals surface area (Å²) in [6, 6.07) is 5.94. The van der Waals surface area contributed by atoms with E-state index >= 15 is 0 Å². The van der Waals surface area contributed by atoms with E-state index in [1.165, 1.54) is 0 Å². The smallest absolute Gasteiger partial charge is 0.163 e. The average Bonchev–Trinajstić information content (AvgIpc) is 2.90. The zero-order chi connectivity index (χ0) is 17.5. The molecule has 1 aromatic carbocycles. The van der Waals surface area contributed by atoms with Crippen LogP contribution < -0.4 is 20.1 Å². The molecule has 1 unspecified atom stereocenters. The van der Waals surface area contributed by atoms with E-state index in [9.17, 15) is 0 Å². The summed E-state index contributed by atoms with van der Waals surface area (Å²) < 4.78 is 17.3. The molecule has 0 spiro atoms. The van der Waals surface area contributed by atoms with Gasteiger partial charge < -0.3 is 24.8 Å². The number of rotatable bonds is 7. The Balaban J connectivity index is 1.83. The molecule has 1 aliphatic rings. The van der Waals surface area contributed by atoms with E-state index in [0.717, 1.165) is 60.8 Å². The lowest BCUT2D eigenvalue weighted by atomic mass is 10.1. The molecule has 25 heavy (non-hydrogen) atoms. The van der Waals surface area contributed by atoms with E-state index in [1.807, 2.05) is 38.2 Å². The highest BCUT2D eigenvalue weighted by Gasteiger charge is 2.14. The summed E-state index contributed by atoms with van der Waals surface area (Å²) in [5.41, 5.74) is 1.92. The van der Waals surface area contributed by atoms with E-state index in [-0.39, 0.29) is 6.10 Å². The van der Waals surface area contributed by atoms with Crippen molar-refractivity contribution in [2.45, 2.75) is 26.4 Å². The van der Waals surface area contributed by atoms with Crippen molar-refractivity contribution < 1.29 is 14.2 Å². The molecule has 0 saturated carbocycles. The molecule has 3 rings (SSSR count). The number of fused-ring (bicyclic) bond motifs is 1. The molecule has 1 fully saturated rings. The molecule has 2 heterocycles. The third-order valence-electron chi connectivity index (χ3n) is 4.15. The van der Waals surface area contributed by atoms with Crippen LogP contribution in [0, 0.1) is 0 Å². The minimum absolute atomic E-state index is 0.166. The molecule has 2 aromatic rings. The Bertz CT molecular complexity index is 685. The van der Waals surface area contributed by atoms with Gasteiger partial charge in [-0.15, -0.1) is 0 Å². The van der Waals surface area contributed by atoms with Crippen LogP contribution in [-0.4, -0.2) is 50.5 Å². The van der Waals surface area contributed by atoms with Gasteiger partial charge in [0, 0.05) is 43.0 Å². The van der Waals surface area contributed by atoms with Crippen LogP contribution >= 0.6 is 0 Å². The molecule has 2 N–H and O–H groups in total. The average molecular weight is 345 g/mol. The molecule has 1 aromatic heterocycles. The fraction of sp³-hybridized carbons (Fsp3) is 0.526. The van der Waals surface area contributed by atoms with E-state index in [0.29, 0.717) is 13.2 Å². The first kappa shape index (κ1) is 17.8. The molecule has 6 heteroatoms. The maximum Gasteiger partial charge on any atom is 0.163 e. The van der Waals surface area contributed by atoms with Crippen LogP contribution in [-0.2, 0) is 4.74 Å². The van der Waals surface area contributed by atoms with Gasteiger partial charge in [0.1, 0.15) is 0 Å². The second kappa shape index (κ2) is 8.87. The maximum atomic E-state index is 5.86. The van der Waals surface area contributed by atoms with Crippen molar-refractivity contribution in [1.82, 2.24) is 10.3 Å². The van der Waals surface area contributed by atoms with Crippen molar-refractivity contribution in [2.75, 3.05) is 44.8 Å². The fourth-order valence-electron chi connectivity index (χ4n) is 2.97. The number of hydrogen-bond acceptors (Lipinski definition) is 6. The Kier molecular flexibility index (Phi) is 6.30. The lowest BCUT2D eigenvalue weighted by molar-refractivity contribution is 0.0762. The van der Waals surface area contributed by atoms with Gasteiger partial charge in [-0.25, -0.2) is 0 Å². The summed E-state index contributed by atoms with van der Waals surface area (Å²) >= 11 is 0. The van der Waals surface area contributed by atoms with Gasteiger partial charge in [-0.2, -0.15) is 0 Å².